The number of hydrogen-bond acceptors (Lipinski definition) is 4. The molecule has 0 radical (unpaired) electrons. The van der Waals surface area contributed by atoms with Gasteiger partial charge in [0, 0.05) is 18.0 Å². The second-order valence-electron chi connectivity index (χ2n) is 15.7. The van der Waals surface area contributed by atoms with Crippen molar-refractivity contribution in [2.45, 2.75) is 42.5 Å². The highest BCUT2D eigenvalue weighted by atomic mass is 15.5. The summed E-state index contributed by atoms with van der Waals surface area (Å²) in [6.07, 6.45) is 10.7. The molecule has 56 heavy (non-hydrogen) atoms. The van der Waals surface area contributed by atoms with Crippen molar-refractivity contribution in [3.8, 4) is 0 Å². The average molecular weight is 725 g/mol. The summed E-state index contributed by atoms with van der Waals surface area (Å²) in [5, 5.41) is 12.1. The lowest BCUT2D eigenvalue weighted by Crippen LogP contribution is -2.67. The lowest BCUT2D eigenvalue weighted by molar-refractivity contribution is 0.0353. The minimum atomic E-state index is -0.412. The van der Waals surface area contributed by atoms with Gasteiger partial charge in [0.25, 0.3) is 0 Å². The van der Waals surface area contributed by atoms with Crippen molar-refractivity contribution in [2.24, 2.45) is 5.92 Å². The van der Waals surface area contributed by atoms with Crippen LogP contribution in [-0.2, 0) is 5.41 Å². The Balaban J connectivity index is 1.10. The van der Waals surface area contributed by atoms with Gasteiger partial charge in [-0.05, 0) is 67.7 Å². The van der Waals surface area contributed by atoms with Gasteiger partial charge in [-0.25, -0.2) is 0 Å². The fraction of sp³-hybridized carbons (Fsp3) is 0.154. The number of fused-ring (bicyclic) bond motifs is 5. The average Bonchev–Trinajstić information content (AvgIpc) is 3.76. The SMILES string of the molecule is C1=CC2C(C=C1c1ccccc1)C1=CC3=C(CC1N2C1NC(c2ccccc2)NC(c2ccccc2)N1)C(c1ccccc1)(c1ccccc1)c1ccccc13. The Morgan fingerprint density at radius 2 is 1.09 bits per heavy atom. The monoisotopic (exact) mass is 724 g/mol. The Morgan fingerprint density at radius 3 is 1.70 bits per heavy atom. The van der Waals surface area contributed by atoms with Crippen LogP contribution in [0.25, 0.3) is 11.1 Å². The number of likely N-dealkylation sites (tertiary alicyclic amines) is 1. The lowest BCUT2D eigenvalue weighted by atomic mass is 9.64. The van der Waals surface area contributed by atoms with E-state index >= 15 is 0 Å². The summed E-state index contributed by atoms with van der Waals surface area (Å²) in [6.45, 7) is 0. The molecule has 0 amide bonds. The van der Waals surface area contributed by atoms with E-state index in [0.717, 1.165) is 6.42 Å². The van der Waals surface area contributed by atoms with E-state index in [4.69, 9.17) is 0 Å². The first-order valence-electron chi connectivity index (χ1n) is 20.0. The van der Waals surface area contributed by atoms with Gasteiger partial charge in [-0.2, -0.15) is 0 Å². The predicted octanol–water partition coefficient (Wildman–Crippen LogP) is 9.90. The molecular formula is C52H44N4. The van der Waals surface area contributed by atoms with Crippen LogP contribution in [0.5, 0.6) is 0 Å². The second kappa shape index (κ2) is 13.7. The van der Waals surface area contributed by atoms with E-state index in [2.05, 4.69) is 221 Å². The van der Waals surface area contributed by atoms with Crippen LogP contribution in [0.2, 0.25) is 0 Å². The zero-order valence-electron chi connectivity index (χ0n) is 31.2. The molecule has 5 aliphatic rings. The number of allylic oxidation sites excluding steroid dienone is 4. The molecule has 0 saturated carbocycles. The molecule has 2 fully saturated rings. The van der Waals surface area contributed by atoms with Crippen molar-refractivity contribution in [2.75, 3.05) is 0 Å². The number of nitrogens with one attached hydrogen (secondary N) is 3. The Hall–Kier alpha value is -5.88. The van der Waals surface area contributed by atoms with Crippen LogP contribution in [-0.4, -0.2) is 23.3 Å². The predicted molar refractivity (Wildman–Crippen MR) is 227 cm³/mol. The van der Waals surface area contributed by atoms with Gasteiger partial charge in [-0.3, -0.25) is 20.9 Å². The minimum absolute atomic E-state index is 0.0519. The molecular weight excluding hydrogens is 681 g/mol. The summed E-state index contributed by atoms with van der Waals surface area (Å²) < 4.78 is 0. The number of benzene rings is 6. The van der Waals surface area contributed by atoms with Gasteiger partial charge in [0.2, 0.25) is 0 Å². The molecule has 6 aromatic rings. The summed E-state index contributed by atoms with van der Waals surface area (Å²) in [7, 11) is 0. The molecule has 2 heterocycles. The summed E-state index contributed by atoms with van der Waals surface area (Å²) in [6, 6.07) is 64.5. The molecule has 2 saturated heterocycles. The van der Waals surface area contributed by atoms with Crippen LogP contribution in [0.15, 0.2) is 211 Å². The molecule has 3 N–H and O–H groups in total. The first-order chi connectivity index (χ1) is 27.8. The van der Waals surface area contributed by atoms with Crippen LogP contribution in [0, 0.1) is 5.92 Å². The van der Waals surface area contributed by atoms with Crippen LogP contribution in [0.3, 0.4) is 0 Å². The summed E-state index contributed by atoms with van der Waals surface area (Å²) in [5.74, 6) is 0.216. The molecule has 4 heteroatoms. The lowest BCUT2D eigenvalue weighted by Gasteiger charge is -2.47. The topological polar surface area (TPSA) is 39.3 Å². The van der Waals surface area contributed by atoms with Gasteiger partial charge < -0.3 is 0 Å². The third-order valence-electron chi connectivity index (χ3n) is 12.8. The zero-order valence-corrected chi connectivity index (χ0v) is 31.2. The van der Waals surface area contributed by atoms with E-state index in [9.17, 15) is 0 Å². The minimum Gasteiger partial charge on any atom is -0.279 e. The molecule has 3 aliphatic carbocycles. The maximum atomic E-state index is 4.09. The molecule has 6 aromatic carbocycles. The zero-order chi connectivity index (χ0) is 37.1. The Morgan fingerprint density at radius 1 is 0.554 bits per heavy atom. The van der Waals surface area contributed by atoms with E-state index in [0.29, 0.717) is 0 Å². The molecule has 272 valence electrons. The highest BCUT2D eigenvalue weighted by molar-refractivity contribution is 5.92. The van der Waals surface area contributed by atoms with Crippen LogP contribution >= 0.6 is 0 Å². The normalized spacial score (nSPS) is 26.1. The van der Waals surface area contributed by atoms with Crippen molar-refractivity contribution in [3.63, 3.8) is 0 Å². The third kappa shape index (κ3) is 5.29. The third-order valence-corrected chi connectivity index (χ3v) is 12.8. The van der Waals surface area contributed by atoms with Crippen molar-refractivity contribution in [3.05, 3.63) is 250 Å². The van der Waals surface area contributed by atoms with Crippen LogP contribution in [0.1, 0.15) is 57.7 Å². The van der Waals surface area contributed by atoms with E-state index < -0.39 is 5.41 Å². The van der Waals surface area contributed by atoms with Crippen molar-refractivity contribution in [1.82, 2.24) is 20.9 Å². The molecule has 11 rings (SSSR count). The van der Waals surface area contributed by atoms with E-state index in [1.54, 1.807) is 0 Å². The molecule has 5 atom stereocenters. The van der Waals surface area contributed by atoms with Gasteiger partial charge in [0.15, 0.2) is 0 Å². The number of rotatable bonds is 6. The van der Waals surface area contributed by atoms with Crippen molar-refractivity contribution in [1.29, 1.82) is 0 Å². The first kappa shape index (κ1) is 33.5. The van der Waals surface area contributed by atoms with Gasteiger partial charge in [-0.1, -0.05) is 200 Å². The van der Waals surface area contributed by atoms with E-state index in [1.807, 2.05) is 0 Å². The van der Waals surface area contributed by atoms with Crippen molar-refractivity contribution < 1.29 is 0 Å². The van der Waals surface area contributed by atoms with Crippen LogP contribution in [0.4, 0.5) is 0 Å². The maximum absolute atomic E-state index is 4.09. The summed E-state index contributed by atoms with van der Waals surface area (Å²) in [4.78, 5) is 2.77. The van der Waals surface area contributed by atoms with Gasteiger partial charge in [-0.15, -0.1) is 0 Å². The van der Waals surface area contributed by atoms with E-state index in [1.165, 1.54) is 61.2 Å². The fourth-order valence-corrected chi connectivity index (χ4v) is 10.5. The Labute approximate surface area is 329 Å². The maximum Gasteiger partial charge on any atom is 0.118 e. The van der Waals surface area contributed by atoms with E-state index in [-0.39, 0.29) is 36.6 Å². The number of nitrogens with zero attached hydrogens (tertiary/aromatic N) is 1. The fourth-order valence-electron chi connectivity index (χ4n) is 10.5. The van der Waals surface area contributed by atoms with Gasteiger partial charge in [0.05, 0.1) is 17.7 Å². The molecule has 0 bridgehead atoms. The van der Waals surface area contributed by atoms with Gasteiger partial charge >= 0.3 is 0 Å². The van der Waals surface area contributed by atoms with Crippen molar-refractivity contribution >= 4 is 11.1 Å². The Bertz CT molecular complexity index is 2420. The first-order valence-corrected chi connectivity index (χ1v) is 20.0. The molecule has 0 spiro atoms. The highest BCUT2D eigenvalue weighted by Gasteiger charge is 2.55. The van der Waals surface area contributed by atoms with Crippen LogP contribution < -0.4 is 16.0 Å². The smallest absolute Gasteiger partial charge is 0.118 e. The molecule has 5 unspecified atom stereocenters. The largest absolute Gasteiger partial charge is 0.279 e. The number of hydrogen-bond donors (Lipinski definition) is 3. The summed E-state index contributed by atoms with van der Waals surface area (Å²) >= 11 is 0. The Kier molecular flexibility index (Phi) is 8.18. The standard InChI is InChI=1S/C52H44N4/c1-6-18-35(19-7-1)38-30-31-47-43(32-38)44-33-42-41-28-16-17-29-45(41)52(39-24-12-4-13-25-39,40-26-14-5-15-27-40)46(42)34-48(44)56(47)51-54-49(36-20-8-2-9-21-36)53-50(55-51)37-22-10-3-11-23-37/h1-33,43,47-51,53-55H,34H2. The highest BCUT2D eigenvalue weighted by Crippen LogP contribution is 2.60. The molecule has 0 aromatic heterocycles. The van der Waals surface area contributed by atoms with Gasteiger partial charge in [0.1, 0.15) is 6.29 Å². The second-order valence-corrected chi connectivity index (χ2v) is 15.7. The molecule has 4 nitrogen and oxygen atoms in total. The summed E-state index contributed by atoms with van der Waals surface area (Å²) in [5.41, 5.74) is 14.3. The molecule has 2 aliphatic heterocycles. The quantitative estimate of drug-likeness (QED) is 0.160.